The first-order chi connectivity index (χ1) is 13.2. The monoisotopic (exact) mass is 424 g/mol. The highest BCUT2D eigenvalue weighted by Crippen LogP contribution is 2.48. The van der Waals surface area contributed by atoms with E-state index < -0.39 is 21.3 Å². The maximum Gasteiger partial charge on any atom is 0.261 e. The van der Waals surface area contributed by atoms with Crippen LogP contribution in [0.2, 0.25) is 5.02 Å². The number of rotatable bonds is 7. The number of benzene rings is 2. The van der Waals surface area contributed by atoms with E-state index in [0.29, 0.717) is 5.69 Å². The molecule has 3 rings (SSSR count). The molecule has 28 heavy (non-hydrogen) atoms. The van der Waals surface area contributed by atoms with E-state index in [-0.39, 0.29) is 21.9 Å². The first kappa shape index (κ1) is 20.6. The highest BCUT2D eigenvalue weighted by Gasteiger charge is 2.51. The Kier molecular flexibility index (Phi) is 5.68. The lowest BCUT2D eigenvalue weighted by Crippen LogP contribution is -2.39. The van der Waals surface area contributed by atoms with Crippen molar-refractivity contribution in [3.8, 4) is 0 Å². The number of carbonyl (C=O) groups excluding carboxylic acids is 1. The summed E-state index contributed by atoms with van der Waals surface area (Å²) in [5, 5.41) is 2.76. The molecule has 5 nitrogen and oxygen atoms in total. The van der Waals surface area contributed by atoms with Gasteiger partial charge in [0.1, 0.15) is 5.82 Å². The van der Waals surface area contributed by atoms with Gasteiger partial charge in [-0.1, -0.05) is 30.7 Å². The van der Waals surface area contributed by atoms with Gasteiger partial charge >= 0.3 is 0 Å². The van der Waals surface area contributed by atoms with Gasteiger partial charge in [-0.05, 0) is 62.1 Å². The molecule has 150 valence electrons. The van der Waals surface area contributed by atoms with Crippen molar-refractivity contribution in [3.05, 3.63) is 58.9 Å². The Morgan fingerprint density at radius 2 is 1.86 bits per heavy atom. The van der Waals surface area contributed by atoms with E-state index >= 15 is 0 Å². The summed E-state index contributed by atoms with van der Waals surface area (Å²) < 4.78 is 40.6. The molecule has 0 aromatic heterocycles. The third-order valence-corrected chi connectivity index (χ3v) is 6.73. The average Bonchev–Trinajstić information content (AvgIpc) is 3.46. The predicted molar refractivity (Wildman–Crippen MR) is 107 cm³/mol. The summed E-state index contributed by atoms with van der Waals surface area (Å²) in [5.74, 6) is -0.675. The van der Waals surface area contributed by atoms with E-state index in [1.54, 1.807) is 24.3 Å². The van der Waals surface area contributed by atoms with E-state index in [4.69, 9.17) is 11.6 Å². The normalized spacial score (nSPS) is 16.3. The van der Waals surface area contributed by atoms with Crippen molar-refractivity contribution in [3.63, 3.8) is 0 Å². The molecule has 0 spiro atoms. The molecule has 0 radical (unpaired) electrons. The van der Waals surface area contributed by atoms with Gasteiger partial charge in [0, 0.05) is 11.7 Å². The number of sulfonamides is 1. The van der Waals surface area contributed by atoms with Crippen molar-refractivity contribution in [1.29, 1.82) is 0 Å². The molecule has 1 aliphatic rings. The molecule has 0 aliphatic heterocycles. The summed E-state index contributed by atoms with van der Waals surface area (Å²) in [5.41, 5.74) is 0.689. The highest BCUT2D eigenvalue weighted by atomic mass is 35.5. The molecule has 8 heteroatoms. The first-order valence-electron chi connectivity index (χ1n) is 9.07. The molecule has 1 fully saturated rings. The fourth-order valence-electron chi connectivity index (χ4n) is 2.95. The maximum absolute atomic E-state index is 13.3. The van der Waals surface area contributed by atoms with Gasteiger partial charge in [-0.3, -0.25) is 9.52 Å². The van der Waals surface area contributed by atoms with Gasteiger partial charge < -0.3 is 5.32 Å². The van der Waals surface area contributed by atoms with Crippen LogP contribution in [0.1, 0.15) is 38.7 Å². The van der Waals surface area contributed by atoms with Crippen molar-refractivity contribution < 1.29 is 17.6 Å². The SMILES string of the molecule is CC[C@@H](C)NC(=O)C1(c2ccc(NS(=O)(=O)c3ccc(F)c(Cl)c3)cc2)CC1. The van der Waals surface area contributed by atoms with E-state index in [9.17, 15) is 17.6 Å². The van der Waals surface area contributed by atoms with Crippen LogP contribution in [0.25, 0.3) is 0 Å². The Labute approximate surface area is 169 Å². The minimum atomic E-state index is -3.90. The number of amides is 1. The van der Waals surface area contributed by atoms with Crippen molar-refractivity contribution in [2.75, 3.05) is 4.72 Å². The predicted octanol–water partition coefficient (Wildman–Crippen LogP) is 4.23. The summed E-state index contributed by atoms with van der Waals surface area (Å²) in [6.07, 6.45) is 2.40. The van der Waals surface area contributed by atoms with Gasteiger partial charge in [-0.2, -0.15) is 0 Å². The van der Waals surface area contributed by atoms with E-state index in [2.05, 4.69) is 10.0 Å². The lowest BCUT2D eigenvalue weighted by atomic mass is 9.94. The highest BCUT2D eigenvalue weighted by molar-refractivity contribution is 7.92. The molecule has 2 N–H and O–H groups in total. The zero-order valence-corrected chi connectivity index (χ0v) is 17.2. The zero-order chi connectivity index (χ0) is 20.5. The first-order valence-corrected chi connectivity index (χ1v) is 10.9. The Bertz CT molecular complexity index is 989. The standard InChI is InChI=1S/C20H22ClFN2O3S/c1-3-13(2)23-19(25)20(10-11-20)14-4-6-15(7-5-14)24-28(26,27)16-8-9-18(22)17(21)12-16/h4-9,12-13,24H,3,10-11H2,1-2H3,(H,23,25)/t13-/m1/s1. The molecule has 1 aliphatic carbocycles. The van der Waals surface area contributed by atoms with Gasteiger partial charge in [0.15, 0.2) is 0 Å². The summed E-state index contributed by atoms with van der Waals surface area (Å²) in [6.45, 7) is 3.98. The van der Waals surface area contributed by atoms with Crippen LogP contribution < -0.4 is 10.0 Å². The van der Waals surface area contributed by atoms with Gasteiger partial charge in [0.25, 0.3) is 10.0 Å². The quantitative estimate of drug-likeness (QED) is 0.698. The largest absolute Gasteiger partial charge is 0.353 e. The number of anilines is 1. The fourth-order valence-corrected chi connectivity index (χ4v) is 4.28. The van der Waals surface area contributed by atoms with Crippen LogP contribution in [-0.4, -0.2) is 20.4 Å². The maximum atomic E-state index is 13.3. The molecule has 2 aromatic carbocycles. The lowest BCUT2D eigenvalue weighted by molar-refractivity contribution is -0.124. The second-order valence-electron chi connectivity index (χ2n) is 7.12. The molecule has 1 amide bonds. The number of halogens is 2. The molecular weight excluding hydrogens is 403 g/mol. The minimum Gasteiger partial charge on any atom is -0.353 e. The molecule has 0 bridgehead atoms. The second kappa shape index (κ2) is 7.72. The Balaban J connectivity index is 1.76. The third-order valence-electron chi connectivity index (χ3n) is 5.07. The van der Waals surface area contributed by atoms with Crippen molar-refractivity contribution >= 4 is 33.2 Å². The summed E-state index contributed by atoms with van der Waals surface area (Å²) >= 11 is 5.67. The zero-order valence-electron chi connectivity index (χ0n) is 15.6. The molecular formula is C20H22ClFN2O3S. The summed E-state index contributed by atoms with van der Waals surface area (Å²) in [4.78, 5) is 12.5. The fraction of sp³-hybridized carbons (Fsp3) is 0.350. The number of nitrogens with one attached hydrogen (secondary N) is 2. The minimum absolute atomic E-state index is 0.0103. The van der Waals surface area contributed by atoms with E-state index in [0.717, 1.165) is 43.0 Å². The second-order valence-corrected chi connectivity index (χ2v) is 9.21. The molecule has 1 saturated carbocycles. The van der Waals surface area contributed by atoms with E-state index in [1.165, 1.54) is 0 Å². The van der Waals surface area contributed by atoms with Gasteiger partial charge in [-0.25, -0.2) is 12.8 Å². The van der Waals surface area contributed by atoms with Crippen molar-refractivity contribution in [2.45, 2.75) is 49.5 Å². The lowest BCUT2D eigenvalue weighted by Gasteiger charge is -2.19. The Hall–Kier alpha value is -2.12. The topological polar surface area (TPSA) is 75.3 Å². The van der Waals surface area contributed by atoms with Crippen molar-refractivity contribution in [2.24, 2.45) is 0 Å². The van der Waals surface area contributed by atoms with E-state index in [1.807, 2.05) is 13.8 Å². The van der Waals surface area contributed by atoms with Crippen molar-refractivity contribution in [1.82, 2.24) is 5.32 Å². The average molecular weight is 425 g/mol. The summed E-state index contributed by atoms with van der Waals surface area (Å²) in [7, 11) is -3.90. The van der Waals surface area contributed by atoms with Crippen LogP contribution in [0, 0.1) is 5.82 Å². The van der Waals surface area contributed by atoms with Crippen LogP contribution in [-0.2, 0) is 20.2 Å². The van der Waals surface area contributed by atoms with Crippen LogP contribution in [0.5, 0.6) is 0 Å². The van der Waals surface area contributed by atoms with Crippen LogP contribution in [0.4, 0.5) is 10.1 Å². The number of hydrogen-bond donors (Lipinski definition) is 2. The molecule has 1 atom stereocenters. The summed E-state index contributed by atoms with van der Waals surface area (Å²) in [6, 6.07) is 10.1. The Morgan fingerprint density at radius 1 is 1.21 bits per heavy atom. The number of hydrogen-bond acceptors (Lipinski definition) is 3. The van der Waals surface area contributed by atoms with Gasteiger partial charge in [0.2, 0.25) is 5.91 Å². The molecule has 0 heterocycles. The molecule has 0 saturated heterocycles. The Morgan fingerprint density at radius 3 is 2.39 bits per heavy atom. The number of carbonyl (C=O) groups is 1. The van der Waals surface area contributed by atoms with Crippen LogP contribution in [0.3, 0.4) is 0 Å². The molecule has 0 unspecified atom stereocenters. The van der Waals surface area contributed by atoms with Gasteiger partial charge in [-0.15, -0.1) is 0 Å². The van der Waals surface area contributed by atoms with Gasteiger partial charge in [0.05, 0.1) is 15.3 Å². The van der Waals surface area contributed by atoms with Crippen LogP contribution in [0.15, 0.2) is 47.4 Å². The third kappa shape index (κ3) is 4.15. The molecule has 2 aromatic rings. The van der Waals surface area contributed by atoms with Crippen LogP contribution >= 0.6 is 11.6 Å². The smallest absolute Gasteiger partial charge is 0.261 e.